The van der Waals surface area contributed by atoms with E-state index in [4.69, 9.17) is 0 Å². The lowest BCUT2D eigenvalue weighted by atomic mass is 9.90. The molecule has 20 heavy (non-hydrogen) atoms. The summed E-state index contributed by atoms with van der Waals surface area (Å²) in [5, 5.41) is 3.79. The van der Waals surface area contributed by atoms with Gasteiger partial charge in [0.2, 0.25) is 0 Å². The number of hydrogen-bond acceptors (Lipinski definition) is 3. The lowest BCUT2D eigenvalue weighted by Crippen LogP contribution is -2.63. The van der Waals surface area contributed by atoms with Crippen LogP contribution >= 0.6 is 0 Å². The van der Waals surface area contributed by atoms with E-state index in [2.05, 4.69) is 42.0 Å². The van der Waals surface area contributed by atoms with Crippen LogP contribution in [0.1, 0.15) is 44.2 Å². The van der Waals surface area contributed by atoms with Crippen LogP contribution in [0.15, 0.2) is 18.5 Å². The molecule has 2 atom stereocenters. The van der Waals surface area contributed by atoms with Gasteiger partial charge in [-0.3, -0.25) is 9.88 Å². The molecule has 1 aliphatic carbocycles. The Bertz CT molecular complexity index is 469. The molecular formula is C17H27N3. The maximum absolute atomic E-state index is 4.35. The van der Waals surface area contributed by atoms with Gasteiger partial charge < -0.3 is 5.32 Å². The number of nitrogens with zero attached hydrogens (tertiary/aromatic N) is 2. The third-order valence-corrected chi connectivity index (χ3v) is 5.18. The second-order valence-corrected chi connectivity index (χ2v) is 6.93. The maximum Gasteiger partial charge on any atom is 0.0313 e. The number of aromatic nitrogens is 1. The number of hydrogen-bond donors (Lipinski definition) is 1. The van der Waals surface area contributed by atoms with Gasteiger partial charge in [0.25, 0.3) is 0 Å². The summed E-state index contributed by atoms with van der Waals surface area (Å²) in [5.74, 6) is 0.926. The van der Waals surface area contributed by atoms with E-state index < -0.39 is 0 Å². The molecule has 2 heterocycles. The summed E-state index contributed by atoms with van der Waals surface area (Å²) in [6.07, 6.45) is 7.99. The molecule has 1 N–H and O–H groups in total. The topological polar surface area (TPSA) is 28.2 Å². The van der Waals surface area contributed by atoms with Crippen LogP contribution in [0.5, 0.6) is 0 Å². The van der Waals surface area contributed by atoms with Crippen molar-refractivity contribution in [2.75, 3.05) is 13.1 Å². The van der Waals surface area contributed by atoms with E-state index in [0.717, 1.165) is 19.0 Å². The first-order chi connectivity index (χ1) is 9.60. The Balaban J connectivity index is 1.75. The predicted molar refractivity (Wildman–Crippen MR) is 82.6 cm³/mol. The zero-order chi connectivity index (χ0) is 14.2. The Kier molecular flexibility index (Phi) is 3.83. The Morgan fingerprint density at radius 2 is 2.20 bits per heavy atom. The number of piperazine rings is 1. The summed E-state index contributed by atoms with van der Waals surface area (Å²) >= 11 is 0. The molecule has 1 aromatic rings. The molecule has 3 nitrogen and oxygen atoms in total. The van der Waals surface area contributed by atoms with E-state index in [1.54, 1.807) is 0 Å². The molecule has 3 heteroatoms. The van der Waals surface area contributed by atoms with Crippen LogP contribution < -0.4 is 5.32 Å². The molecule has 0 bridgehead atoms. The van der Waals surface area contributed by atoms with Crippen molar-refractivity contribution in [1.29, 1.82) is 0 Å². The van der Waals surface area contributed by atoms with Gasteiger partial charge in [-0.15, -0.1) is 0 Å². The van der Waals surface area contributed by atoms with Gasteiger partial charge in [0.05, 0.1) is 0 Å². The van der Waals surface area contributed by atoms with Crippen molar-refractivity contribution in [2.24, 2.45) is 5.92 Å². The van der Waals surface area contributed by atoms with Gasteiger partial charge in [-0.25, -0.2) is 0 Å². The SMILES string of the molecule is CCC1(C)CNC(C2CC2)CN1Cc1cncc(C)c1. The first-order valence-corrected chi connectivity index (χ1v) is 8.00. The minimum Gasteiger partial charge on any atom is -0.311 e. The average molecular weight is 273 g/mol. The van der Waals surface area contributed by atoms with Crippen molar-refractivity contribution in [3.8, 4) is 0 Å². The molecule has 110 valence electrons. The van der Waals surface area contributed by atoms with E-state index in [9.17, 15) is 0 Å². The van der Waals surface area contributed by atoms with Crippen LogP contribution in [0.3, 0.4) is 0 Å². The molecule has 3 rings (SSSR count). The Hall–Kier alpha value is -0.930. The van der Waals surface area contributed by atoms with E-state index in [-0.39, 0.29) is 5.54 Å². The Labute approximate surface area is 122 Å². The molecule has 2 fully saturated rings. The highest BCUT2D eigenvalue weighted by Crippen LogP contribution is 2.36. The Morgan fingerprint density at radius 1 is 1.40 bits per heavy atom. The van der Waals surface area contributed by atoms with Crippen LogP contribution in [0.2, 0.25) is 0 Å². The van der Waals surface area contributed by atoms with Gasteiger partial charge in [0.15, 0.2) is 0 Å². The monoisotopic (exact) mass is 273 g/mol. The highest BCUT2D eigenvalue weighted by molar-refractivity contribution is 5.17. The second kappa shape index (κ2) is 5.45. The standard InChI is InChI=1S/C17H27N3/c1-4-17(3)12-19-16(15-5-6-15)11-20(17)10-14-7-13(2)8-18-9-14/h7-9,15-16,19H,4-6,10-12H2,1-3H3. The fraction of sp³-hybridized carbons (Fsp3) is 0.706. The molecule has 0 radical (unpaired) electrons. The highest BCUT2D eigenvalue weighted by atomic mass is 15.3. The molecular weight excluding hydrogens is 246 g/mol. The largest absolute Gasteiger partial charge is 0.311 e. The molecule has 1 aromatic heterocycles. The van der Waals surface area contributed by atoms with Crippen molar-refractivity contribution in [3.63, 3.8) is 0 Å². The van der Waals surface area contributed by atoms with Gasteiger partial charge in [-0.1, -0.05) is 13.0 Å². The van der Waals surface area contributed by atoms with Crippen molar-refractivity contribution in [2.45, 2.75) is 58.2 Å². The van der Waals surface area contributed by atoms with Crippen molar-refractivity contribution < 1.29 is 0 Å². The number of rotatable bonds is 4. The Morgan fingerprint density at radius 3 is 2.85 bits per heavy atom. The smallest absolute Gasteiger partial charge is 0.0313 e. The predicted octanol–water partition coefficient (Wildman–Crippen LogP) is 2.74. The lowest BCUT2D eigenvalue weighted by Gasteiger charge is -2.48. The van der Waals surface area contributed by atoms with Crippen LogP contribution in [0, 0.1) is 12.8 Å². The van der Waals surface area contributed by atoms with E-state index >= 15 is 0 Å². The van der Waals surface area contributed by atoms with Crippen molar-refractivity contribution >= 4 is 0 Å². The van der Waals surface area contributed by atoms with Crippen LogP contribution in [-0.2, 0) is 6.54 Å². The molecule has 0 aromatic carbocycles. The summed E-state index contributed by atoms with van der Waals surface area (Å²) in [7, 11) is 0. The van der Waals surface area contributed by atoms with Gasteiger partial charge >= 0.3 is 0 Å². The van der Waals surface area contributed by atoms with E-state index in [1.807, 2.05) is 12.4 Å². The second-order valence-electron chi connectivity index (χ2n) is 6.93. The molecule has 1 saturated carbocycles. The summed E-state index contributed by atoms with van der Waals surface area (Å²) in [4.78, 5) is 7.03. The van der Waals surface area contributed by atoms with Gasteiger partial charge in [0, 0.05) is 43.6 Å². The molecule has 1 saturated heterocycles. The third kappa shape index (κ3) is 2.89. The highest BCUT2D eigenvalue weighted by Gasteiger charge is 2.41. The maximum atomic E-state index is 4.35. The quantitative estimate of drug-likeness (QED) is 0.914. The molecule has 2 aliphatic rings. The van der Waals surface area contributed by atoms with E-state index in [1.165, 1.54) is 36.9 Å². The molecule has 0 amide bonds. The fourth-order valence-corrected chi connectivity index (χ4v) is 3.33. The van der Waals surface area contributed by atoms with E-state index in [0.29, 0.717) is 6.04 Å². The minimum absolute atomic E-state index is 0.273. The number of aryl methyl sites for hydroxylation is 1. The van der Waals surface area contributed by atoms with Gasteiger partial charge in [-0.05, 0) is 50.2 Å². The third-order valence-electron chi connectivity index (χ3n) is 5.18. The summed E-state index contributed by atoms with van der Waals surface area (Å²) < 4.78 is 0. The molecule has 0 spiro atoms. The van der Waals surface area contributed by atoms with Gasteiger partial charge in [0.1, 0.15) is 0 Å². The summed E-state index contributed by atoms with van der Waals surface area (Å²) in [6, 6.07) is 2.98. The van der Waals surface area contributed by atoms with Crippen molar-refractivity contribution in [1.82, 2.24) is 15.2 Å². The summed E-state index contributed by atoms with van der Waals surface area (Å²) in [5.41, 5.74) is 2.88. The number of nitrogens with one attached hydrogen (secondary N) is 1. The fourth-order valence-electron chi connectivity index (χ4n) is 3.33. The lowest BCUT2D eigenvalue weighted by molar-refractivity contribution is 0.0368. The van der Waals surface area contributed by atoms with Crippen molar-refractivity contribution in [3.05, 3.63) is 29.6 Å². The zero-order valence-electron chi connectivity index (χ0n) is 13.0. The minimum atomic E-state index is 0.273. The van der Waals surface area contributed by atoms with Crippen LogP contribution in [0.25, 0.3) is 0 Å². The first kappa shape index (κ1) is 14.0. The van der Waals surface area contributed by atoms with Crippen LogP contribution in [-0.4, -0.2) is 34.6 Å². The average Bonchev–Trinajstić information content (AvgIpc) is 3.26. The van der Waals surface area contributed by atoms with Gasteiger partial charge in [-0.2, -0.15) is 0 Å². The number of pyridine rings is 1. The zero-order valence-corrected chi connectivity index (χ0v) is 13.0. The first-order valence-electron chi connectivity index (χ1n) is 8.00. The molecule has 2 unspecified atom stereocenters. The summed E-state index contributed by atoms with van der Waals surface area (Å²) in [6.45, 7) is 10.2. The van der Waals surface area contributed by atoms with Crippen LogP contribution in [0.4, 0.5) is 0 Å². The molecule has 1 aliphatic heterocycles. The normalized spacial score (nSPS) is 31.4.